The lowest BCUT2D eigenvalue weighted by molar-refractivity contribution is 0.324. The van der Waals surface area contributed by atoms with Gasteiger partial charge in [-0.2, -0.15) is 0 Å². The highest BCUT2D eigenvalue weighted by atomic mass is 16.5. The lowest BCUT2D eigenvalue weighted by atomic mass is 10.2. The van der Waals surface area contributed by atoms with Gasteiger partial charge in [-0.25, -0.2) is 4.99 Å². The zero-order valence-electron chi connectivity index (χ0n) is 18.8. The second-order valence-electron chi connectivity index (χ2n) is 6.81. The van der Waals surface area contributed by atoms with E-state index in [2.05, 4.69) is 10.6 Å². The number of rotatable bonds is 10. The van der Waals surface area contributed by atoms with Gasteiger partial charge in [-0.05, 0) is 29.8 Å². The van der Waals surface area contributed by atoms with E-state index in [-0.39, 0.29) is 0 Å². The first-order chi connectivity index (χ1) is 15.7. The average molecular weight is 440 g/mol. The van der Waals surface area contributed by atoms with Crippen LogP contribution in [0.15, 0.2) is 64.2 Å². The minimum absolute atomic E-state index is 0.491. The molecule has 0 saturated carbocycles. The van der Waals surface area contributed by atoms with Crippen LogP contribution in [0.3, 0.4) is 0 Å². The van der Waals surface area contributed by atoms with Crippen LogP contribution in [0.25, 0.3) is 0 Å². The van der Waals surface area contributed by atoms with Crippen molar-refractivity contribution in [3.63, 3.8) is 0 Å². The largest absolute Gasteiger partial charge is 0.497 e. The van der Waals surface area contributed by atoms with Crippen LogP contribution in [0.4, 0.5) is 5.69 Å². The molecule has 0 bridgehead atoms. The van der Waals surface area contributed by atoms with E-state index in [1.54, 1.807) is 34.7 Å². The summed E-state index contributed by atoms with van der Waals surface area (Å²) in [5, 5.41) is 6.66. The van der Waals surface area contributed by atoms with Crippen LogP contribution in [-0.2, 0) is 13.0 Å². The predicted octanol–water partition coefficient (Wildman–Crippen LogP) is 4.11. The van der Waals surface area contributed by atoms with Gasteiger partial charge in [0.2, 0.25) is 5.75 Å². The lowest BCUT2D eigenvalue weighted by Gasteiger charge is -2.17. The molecule has 8 heteroatoms. The molecule has 0 saturated heterocycles. The molecule has 2 aromatic carbocycles. The third kappa shape index (κ3) is 6.10. The molecule has 1 aromatic heterocycles. The highest BCUT2D eigenvalue weighted by Gasteiger charge is 2.14. The number of benzene rings is 2. The Morgan fingerprint density at radius 3 is 2.19 bits per heavy atom. The molecule has 0 fully saturated rings. The molecule has 0 aliphatic carbocycles. The number of aliphatic imine (C=N–C) groups is 1. The number of hydrogen-bond acceptors (Lipinski definition) is 6. The molecule has 0 spiro atoms. The minimum atomic E-state index is 0.491. The molecule has 0 radical (unpaired) electrons. The Hall–Kier alpha value is -3.81. The molecule has 8 nitrogen and oxygen atoms in total. The van der Waals surface area contributed by atoms with E-state index in [1.165, 1.54) is 0 Å². The van der Waals surface area contributed by atoms with Crippen molar-refractivity contribution in [1.82, 2.24) is 5.32 Å². The van der Waals surface area contributed by atoms with Crippen LogP contribution >= 0.6 is 0 Å². The summed E-state index contributed by atoms with van der Waals surface area (Å²) in [5.74, 6) is 3.97. The number of anilines is 1. The van der Waals surface area contributed by atoms with Crippen molar-refractivity contribution >= 4 is 11.6 Å². The number of furan rings is 1. The topological polar surface area (TPSA) is 86.5 Å². The first-order valence-electron chi connectivity index (χ1n) is 10.2. The highest BCUT2D eigenvalue weighted by Crippen LogP contribution is 2.39. The maximum atomic E-state index is 5.45. The van der Waals surface area contributed by atoms with E-state index in [0.29, 0.717) is 36.3 Å². The van der Waals surface area contributed by atoms with Crippen LogP contribution < -0.4 is 29.6 Å². The number of hydrogen-bond donors (Lipinski definition) is 2. The summed E-state index contributed by atoms with van der Waals surface area (Å²) < 4.78 is 26.9. The third-order valence-electron chi connectivity index (χ3n) is 4.75. The fraction of sp³-hybridized carbons (Fsp3) is 0.292. The van der Waals surface area contributed by atoms with Gasteiger partial charge in [-0.1, -0.05) is 12.1 Å². The Kier molecular flexibility index (Phi) is 8.25. The van der Waals surface area contributed by atoms with Crippen LogP contribution in [-0.4, -0.2) is 40.9 Å². The van der Waals surface area contributed by atoms with Crippen LogP contribution in [0, 0.1) is 0 Å². The van der Waals surface area contributed by atoms with Crippen molar-refractivity contribution in [3.05, 3.63) is 66.1 Å². The van der Waals surface area contributed by atoms with Crippen LogP contribution in [0.5, 0.6) is 23.0 Å². The first kappa shape index (κ1) is 22.9. The minimum Gasteiger partial charge on any atom is -0.497 e. The van der Waals surface area contributed by atoms with Gasteiger partial charge in [-0.15, -0.1) is 0 Å². The first-order valence-corrected chi connectivity index (χ1v) is 10.2. The van der Waals surface area contributed by atoms with Crippen molar-refractivity contribution in [2.24, 2.45) is 4.99 Å². The van der Waals surface area contributed by atoms with E-state index in [0.717, 1.165) is 29.2 Å². The Balaban J connectivity index is 1.78. The molecule has 32 heavy (non-hydrogen) atoms. The maximum Gasteiger partial charge on any atom is 0.203 e. The summed E-state index contributed by atoms with van der Waals surface area (Å²) in [6, 6.07) is 15.3. The zero-order chi connectivity index (χ0) is 22.8. The van der Waals surface area contributed by atoms with Gasteiger partial charge in [0.1, 0.15) is 11.5 Å². The monoisotopic (exact) mass is 439 g/mol. The number of nitrogens with zero attached hydrogens (tertiary/aromatic N) is 1. The number of methoxy groups -OCH3 is 4. The number of nitrogens with one attached hydrogen (secondary N) is 2. The van der Waals surface area contributed by atoms with Crippen LogP contribution in [0.1, 0.15) is 11.3 Å². The van der Waals surface area contributed by atoms with Gasteiger partial charge >= 0.3 is 0 Å². The van der Waals surface area contributed by atoms with Gasteiger partial charge in [0.25, 0.3) is 0 Å². The maximum absolute atomic E-state index is 5.45. The summed E-state index contributed by atoms with van der Waals surface area (Å²) >= 11 is 0. The Morgan fingerprint density at radius 1 is 0.906 bits per heavy atom. The summed E-state index contributed by atoms with van der Waals surface area (Å²) in [5.41, 5.74) is 1.81. The second kappa shape index (κ2) is 11.5. The summed E-state index contributed by atoms with van der Waals surface area (Å²) in [6.45, 7) is 1.14. The number of ether oxygens (including phenoxy) is 4. The molecular weight excluding hydrogens is 410 g/mol. The van der Waals surface area contributed by atoms with Gasteiger partial charge in [-0.3, -0.25) is 0 Å². The molecule has 3 aromatic rings. The van der Waals surface area contributed by atoms with Gasteiger partial charge in [0.05, 0.1) is 41.2 Å². The molecular formula is C24H29N3O5. The summed E-state index contributed by atoms with van der Waals surface area (Å²) in [4.78, 5) is 4.73. The Morgan fingerprint density at radius 2 is 1.62 bits per heavy atom. The molecule has 170 valence electrons. The third-order valence-corrected chi connectivity index (χ3v) is 4.75. The second-order valence-corrected chi connectivity index (χ2v) is 6.81. The fourth-order valence-corrected chi connectivity index (χ4v) is 3.09. The molecule has 1 heterocycles. The van der Waals surface area contributed by atoms with Crippen molar-refractivity contribution in [3.8, 4) is 23.0 Å². The van der Waals surface area contributed by atoms with Crippen molar-refractivity contribution in [2.45, 2.75) is 13.0 Å². The molecule has 3 rings (SSSR count). The smallest absolute Gasteiger partial charge is 0.203 e. The normalized spacial score (nSPS) is 11.1. The van der Waals surface area contributed by atoms with Crippen molar-refractivity contribution in [2.75, 3.05) is 40.3 Å². The fourth-order valence-electron chi connectivity index (χ4n) is 3.09. The van der Waals surface area contributed by atoms with E-state index in [9.17, 15) is 0 Å². The standard InChI is InChI=1S/C24H29N3O5/c1-28-19-9-7-17(8-10-19)16-26-24(25-12-11-20-6-5-13-32-20)27-18-14-21(29-2)23(31-4)22(15-18)30-3/h5-10,13-15H,11-12,16H2,1-4H3,(H2,25,26,27). The molecule has 0 atom stereocenters. The number of guanidine groups is 1. The van der Waals surface area contributed by atoms with E-state index < -0.39 is 0 Å². The summed E-state index contributed by atoms with van der Waals surface area (Å²) in [6.07, 6.45) is 2.40. The average Bonchev–Trinajstić information content (AvgIpc) is 3.35. The van der Waals surface area contributed by atoms with Gasteiger partial charge < -0.3 is 34.0 Å². The summed E-state index contributed by atoms with van der Waals surface area (Å²) in [7, 11) is 6.39. The Bertz CT molecular complexity index is 976. The lowest BCUT2D eigenvalue weighted by Crippen LogP contribution is -2.32. The van der Waals surface area contributed by atoms with E-state index >= 15 is 0 Å². The highest BCUT2D eigenvalue weighted by molar-refractivity contribution is 5.94. The quantitative estimate of drug-likeness (QED) is 0.363. The van der Waals surface area contributed by atoms with Crippen molar-refractivity contribution < 1.29 is 23.4 Å². The molecule has 0 aliphatic heterocycles. The SMILES string of the molecule is COc1ccc(CN=C(NCCc2ccco2)Nc2cc(OC)c(OC)c(OC)c2)cc1. The molecule has 2 N–H and O–H groups in total. The van der Waals surface area contributed by atoms with E-state index in [4.69, 9.17) is 28.4 Å². The molecule has 0 unspecified atom stereocenters. The predicted molar refractivity (Wildman–Crippen MR) is 124 cm³/mol. The molecule has 0 amide bonds. The van der Waals surface area contributed by atoms with Gasteiger partial charge in [0, 0.05) is 30.8 Å². The van der Waals surface area contributed by atoms with Gasteiger partial charge in [0.15, 0.2) is 17.5 Å². The zero-order valence-corrected chi connectivity index (χ0v) is 18.8. The molecule has 0 aliphatic rings. The van der Waals surface area contributed by atoms with Crippen LogP contribution in [0.2, 0.25) is 0 Å². The van der Waals surface area contributed by atoms with Crippen molar-refractivity contribution in [1.29, 1.82) is 0 Å². The van der Waals surface area contributed by atoms with E-state index in [1.807, 2.05) is 48.5 Å². The Labute approximate surface area is 188 Å².